The van der Waals surface area contributed by atoms with Crippen molar-refractivity contribution >= 4 is 10.9 Å². The van der Waals surface area contributed by atoms with E-state index in [2.05, 4.69) is 47.4 Å². The molecule has 0 amide bonds. The van der Waals surface area contributed by atoms with Gasteiger partial charge in [-0.3, -0.25) is 0 Å². The molecule has 3 aromatic rings. The number of fused-ring (bicyclic) bond motifs is 1. The Kier molecular flexibility index (Phi) is 3.47. The van der Waals surface area contributed by atoms with Gasteiger partial charge in [0.1, 0.15) is 6.33 Å². The molecule has 4 nitrogen and oxygen atoms in total. The number of aliphatic hydroxyl groups is 1. The van der Waals surface area contributed by atoms with Gasteiger partial charge in [0, 0.05) is 46.7 Å². The summed E-state index contributed by atoms with van der Waals surface area (Å²) in [5.41, 5.74) is 5.36. The van der Waals surface area contributed by atoms with Crippen LogP contribution in [0.15, 0.2) is 37.1 Å². The van der Waals surface area contributed by atoms with E-state index in [1.807, 2.05) is 18.6 Å². The fourth-order valence-electron chi connectivity index (χ4n) is 2.80. The van der Waals surface area contributed by atoms with E-state index >= 15 is 0 Å². The van der Waals surface area contributed by atoms with Crippen LogP contribution in [0.1, 0.15) is 31.0 Å². The minimum absolute atomic E-state index is 0.0460. The maximum atomic E-state index is 9.65. The van der Waals surface area contributed by atoms with Crippen molar-refractivity contribution in [1.29, 1.82) is 0 Å². The molecule has 0 saturated heterocycles. The Morgan fingerprint density at radius 1 is 1.19 bits per heavy atom. The van der Waals surface area contributed by atoms with Gasteiger partial charge in [0.2, 0.25) is 0 Å². The maximum Gasteiger partial charge on any atom is 0.115 e. The summed E-state index contributed by atoms with van der Waals surface area (Å²) in [5, 5.41) is 10.7. The number of nitrogens with zero attached hydrogens (tertiary/aromatic N) is 3. The number of hydrogen-bond donors (Lipinski definition) is 1. The third kappa shape index (κ3) is 2.32. The Hall–Kier alpha value is -2.20. The summed E-state index contributed by atoms with van der Waals surface area (Å²) < 4.78 is 2.21. The molecule has 0 radical (unpaired) electrons. The van der Waals surface area contributed by atoms with Gasteiger partial charge >= 0.3 is 0 Å². The van der Waals surface area contributed by atoms with Crippen LogP contribution in [0, 0.1) is 6.92 Å². The molecule has 0 saturated carbocycles. The van der Waals surface area contributed by atoms with E-state index in [9.17, 15) is 5.11 Å². The van der Waals surface area contributed by atoms with E-state index in [1.165, 1.54) is 6.33 Å². The summed E-state index contributed by atoms with van der Waals surface area (Å²) in [5.74, 6) is 0. The van der Waals surface area contributed by atoms with Crippen molar-refractivity contribution in [1.82, 2.24) is 14.5 Å². The van der Waals surface area contributed by atoms with Crippen LogP contribution in [-0.4, -0.2) is 19.6 Å². The summed E-state index contributed by atoms with van der Waals surface area (Å²) in [6, 6.07) is 4.60. The summed E-state index contributed by atoms with van der Waals surface area (Å²) in [4.78, 5) is 8.26. The molecule has 108 valence electrons. The van der Waals surface area contributed by atoms with Crippen LogP contribution in [0.2, 0.25) is 0 Å². The Balaban J connectivity index is 2.41. The van der Waals surface area contributed by atoms with E-state index in [-0.39, 0.29) is 6.61 Å². The zero-order valence-electron chi connectivity index (χ0n) is 12.5. The van der Waals surface area contributed by atoms with E-state index in [4.69, 9.17) is 0 Å². The molecule has 1 N–H and O–H groups in total. The highest BCUT2D eigenvalue weighted by Crippen LogP contribution is 2.34. The van der Waals surface area contributed by atoms with Crippen LogP contribution in [0.5, 0.6) is 0 Å². The first-order valence-electron chi connectivity index (χ1n) is 7.12. The normalized spacial score (nSPS) is 11.5. The van der Waals surface area contributed by atoms with Gasteiger partial charge < -0.3 is 9.67 Å². The maximum absolute atomic E-state index is 9.65. The highest BCUT2D eigenvalue weighted by molar-refractivity contribution is 5.97. The predicted octanol–water partition coefficient (Wildman–Crippen LogP) is 3.48. The fourth-order valence-corrected chi connectivity index (χ4v) is 2.80. The minimum atomic E-state index is 0.0460. The zero-order chi connectivity index (χ0) is 15.0. The first-order valence-corrected chi connectivity index (χ1v) is 7.12. The standard InChI is InChI=1S/C17H19N3O/c1-11(2)20-8-14(9-21)16-5-12(3)4-15(17(16)20)13-6-18-10-19-7-13/h4-8,10-11,21H,9H2,1-3H3. The molecular formula is C17H19N3O. The Morgan fingerprint density at radius 2 is 1.90 bits per heavy atom. The first kappa shape index (κ1) is 13.8. The molecule has 2 heterocycles. The van der Waals surface area contributed by atoms with Gasteiger partial charge in [-0.1, -0.05) is 0 Å². The smallest absolute Gasteiger partial charge is 0.115 e. The van der Waals surface area contributed by atoms with Gasteiger partial charge in [-0.05, 0) is 38.5 Å². The number of benzene rings is 1. The predicted molar refractivity (Wildman–Crippen MR) is 84.0 cm³/mol. The summed E-state index contributed by atoms with van der Waals surface area (Å²) in [6.45, 7) is 6.41. The van der Waals surface area contributed by atoms with Gasteiger partial charge in [-0.25, -0.2) is 9.97 Å². The molecule has 1 aromatic carbocycles. The summed E-state index contributed by atoms with van der Waals surface area (Å²) in [7, 11) is 0. The Labute approximate surface area is 124 Å². The number of hydrogen-bond acceptors (Lipinski definition) is 3. The van der Waals surface area contributed by atoms with E-state index in [0.717, 1.165) is 33.2 Å². The van der Waals surface area contributed by atoms with Gasteiger partial charge in [0.05, 0.1) is 12.1 Å². The Bertz CT molecular complexity index is 776. The number of rotatable bonds is 3. The third-order valence-electron chi connectivity index (χ3n) is 3.75. The van der Waals surface area contributed by atoms with Crippen LogP contribution in [0.3, 0.4) is 0 Å². The van der Waals surface area contributed by atoms with Crippen molar-refractivity contribution in [2.24, 2.45) is 0 Å². The molecule has 0 atom stereocenters. The van der Waals surface area contributed by atoms with Crippen molar-refractivity contribution in [3.8, 4) is 11.1 Å². The lowest BCUT2D eigenvalue weighted by molar-refractivity contribution is 0.283. The molecule has 3 rings (SSSR count). The van der Waals surface area contributed by atoms with Crippen molar-refractivity contribution in [2.75, 3.05) is 0 Å². The zero-order valence-corrected chi connectivity index (χ0v) is 12.5. The van der Waals surface area contributed by atoms with E-state index in [1.54, 1.807) is 0 Å². The first-order chi connectivity index (χ1) is 10.1. The largest absolute Gasteiger partial charge is 0.392 e. The lowest BCUT2D eigenvalue weighted by atomic mass is 10.0. The molecule has 4 heteroatoms. The number of aryl methyl sites for hydroxylation is 1. The fraction of sp³-hybridized carbons (Fsp3) is 0.294. The molecule has 0 aliphatic heterocycles. The molecular weight excluding hydrogens is 262 g/mol. The number of aliphatic hydroxyl groups excluding tert-OH is 1. The second kappa shape index (κ2) is 5.30. The molecule has 0 aliphatic carbocycles. The lowest BCUT2D eigenvalue weighted by Gasteiger charge is -2.13. The third-order valence-corrected chi connectivity index (χ3v) is 3.75. The second-order valence-electron chi connectivity index (χ2n) is 5.65. The van der Waals surface area contributed by atoms with Crippen LogP contribution >= 0.6 is 0 Å². The Morgan fingerprint density at radius 3 is 2.52 bits per heavy atom. The van der Waals surface area contributed by atoms with Crippen molar-refractivity contribution in [3.63, 3.8) is 0 Å². The van der Waals surface area contributed by atoms with Gasteiger partial charge in [-0.2, -0.15) is 0 Å². The molecule has 0 aliphatic rings. The molecule has 0 spiro atoms. The van der Waals surface area contributed by atoms with Crippen molar-refractivity contribution in [3.05, 3.63) is 48.2 Å². The monoisotopic (exact) mass is 281 g/mol. The molecule has 2 aromatic heterocycles. The average molecular weight is 281 g/mol. The van der Waals surface area contributed by atoms with Crippen molar-refractivity contribution < 1.29 is 5.11 Å². The molecule has 0 bridgehead atoms. The van der Waals surface area contributed by atoms with Crippen LogP contribution in [-0.2, 0) is 6.61 Å². The topological polar surface area (TPSA) is 50.9 Å². The highest BCUT2D eigenvalue weighted by Gasteiger charge is 2.15. The second-order valence-corrected chi connectivity index (χ2v) is 5.65. The SMILES string of the molecule is Cc1cc(-c2cncnc2)c2c(c1)c(CO)cn2C(C)C. The summed E-state index contributed by atoms with van der Waals surface area (Å²) in [6.07, 6.45) is 7.24. The lowest BCUT2D eigenvalue weighted by Crippen LogP contribution is -2.00. The quantitative estimate of drug-likeness (QED) is 0.799. The van der Waals surface area contributed by atoms with Gasteiger partial charge in [0.15, 0.2) is 0 Å². The average Bonchev–Trinajstić information content (AvgIpc) is 2.86. The highest BCUT2D eigenvalue weighted by atomic mass is 16.3. The van der Waals surface area contributed by atoms with E-state index < -0.39 is 0 Å². The van der Waals surface area contributed by atoms with Gasteiger partial charge in [0.25, 0.3) is 0 Å². The molecule has 0 fully saturated rings. The van der Waals surface area contributed by atoms with Crippen LogP contribution < -0.4 is 0 Å². The van der Waals surface area contributed by atoms with Crippen LogP contribution in [0.25, 0.3) is 22.0 Å². The van der Waals surface area contributed by atoms with Crippen LogP contribution in [0.4, 0.5) is 0 Å². The molecule has 0 unspecified atom stereocenters. The minimum Gasteiger partial charge on any atom is -0.392 e. The number of aromatic nitrogens is 3. The van der Waals surface area contributed by atoms with Crippen molar-refractivity contribution in [2.45, 2.75) is 33.4 Å². The molecule has 21 heavy (non-hydrogen) atoms. The summed E-state index contributed by atoms with van der Waals surface area (Å²) >= 11 is 0. The van der Waals surface area contributed by atoms with E-state index in [0.29, 0.717) is 6.04 Å². The van der Waals surface area contributed by atoms with Gasteiger partial charge in [-0.15, -0.1) is 0 Å².